The van der Waals surface area contributed by atoms with Gasteiger partial charge in [0.05, 0.1) is 0 Å². The number of rotatable bonds is 6. The molecule has 122 valence electrons. The Morgan fingerprint density at radius 1 is 1.25 bits per heavy atom. The van der Waals surface area contributed by atoms with Crippen molar-refractivity contribution in [2.24, 2.45) is 5.11 Å². The molecule has 0 bridgehead atoms. The third-order valence-electron chi connectivity index (χ3n) is 2.97. The van der Waals surface area contributed by atoms with Crippen LogP contribution in [0.4, 0.5) is 8.78 Å². The Morgan fingerprint density at radius 2 is 1.96 bits per heavy atom. The van der Waals surface area contributed by atoms with Gasteiger partial charge in [0.15, 0.2) is 11.6 Å². The van der Waals surface area contributed by atoms with Crippen LogP contribution in [0.5, 0.6) is 5.75 Å². The Hall–Kier alpha value is -3.38. The molecule has 0 aliphatic heterocycles. The van der Waals surface area contributed by atoms with Crippen LogP contribution in [0, 0.1) is 11.6 Å². The van der Waals surface area contributed by atoms with E-state index in [1.165, 1.54) is 0 Å². The summed E-state index contributed by atoms with van der Waals surface area (Å²) < 4.78 is 32.8. The maximum Gasteiger partial charge on any atom is 0.338 e. The van der Waals surface area contributed by atoms with Gasteiger partial charge in [-0.05, 0) is 29.3 Å². The number of ether oxygens (including phenoxy) is 1. The number of hydrogen-bond donors (Lipinski definition) is 1. The van der Waals surface area contributed by atoms with E-state index >= 15 is 0 Å². The number of carboxylic acid groups (broad SMARTS) is 1. The van der Waals surface area contributed by atoms with E-state index in [0.29, 0.717) is 5.56 Å². The third-order valence-corrected chi connectivity index (χ3v) is 2.97. The van der Waals surface area contributed by atoms with Crippen molar-refractivity contribution >= 4 is 12.0 Å². The van der Waals surface area contributed by atoms with Gasteiger partial charge < -0.3 is 9.84 Å². The van der Waals surface area contributed by atoms with Crippen molar-refractivity contribution in [3.8, 4) is 5.75 Å². The molecule has 0 amide bonds. The van der Waals surface area contributed by atoms with Gasteiger partial charge in [0.25, 0.3) is 0 Å². The largest absolute Gasteiger partial charge is 0.485 e. The number of nitrogens with zero attached hydrogens (tertiary/aromatic N) is 3. The van der Waals surface area contributed by atoms with Gasteiger partial charge in [0.1, 0.15) is 12.3 Å². The van der Waals surface area contributed by atoms with Crippen LogP contribution < -0.4 is 4.74 Å². The van der Waals surface area contributed by atoms with Crippen LogP contribution in [-0.4, -0.2) is 11.1 Å². The van der Waals surface area contributed by atoms with Crippen molar-refractivity contribution in [2.45, 2.75) is 6.61 Å². The van der Waals surface area contributed by atoms with Gasteiger partial charge in [0.2, 0.25) is 5.82 Å². The normalized spacial score (nSPS) is 10.8. The molecule has 0 aromatic heterocycles. The van der Waals surface area contributed by atoms with Crippen LogP contribution in [-0.2, 0) is 11.4 Å². The molecule has 0 saturated heterocycles. The number of hydrogen-bond acceptors (Lipinski definition) is 3. The van der Waals surface area contributed by atoms with Crippen molar-refractivity contribution in [3.05, 3.63) is 81.4 Å². The lowest BCUT2D eigenvalue weighted by Crippen LogP contribution is -2.02. The predicted octanol–water partition coefficient (Wildman–Crippen LogP) is 4.28. The molecule has 1 N–H and O–H groups in total. The van der Waals surface area contributed by atoms with Crippen molar-refractivity contribution in [1.82, 2.24) is 0 Å². The molecule has 0 radical (unpaired) electrons. The zero-order valence-corrected chi connectivity index (χ0v) is 12.2. The molecule has 0 saturated carbocycles. The molecule has 0 unspecified atom stereocenters. The molecule has 0 aliphatic carbocycles. The number of carbonyl (C=O) groups is 1. The average Bonchev–Trinajstić information content (AvgIpc) is 2.58. The van der Waals surface area contributed by atoms with Gasteiger partial charge in [-0.1, -0.05) is 35.4 Å². The highest BCUT2D eigenvalue weighted by Crippen LogP contribution is 2.28. The fourth-order valence-corrected chi connectivity index (χ4v) is 1.87. The fourth-order valence-electron chi connectivity index (χ4n) is 1.87. The smallest absolute Gasteiger partial charge is 0.338 e. The van der Waals surface area contributed by atoms with Gasteiger partial charge >= 0.3 is 5.97 Å². The maximum atomic E-state index is 14.0. The van der Waals surface area contributed by atoms with E-state index in [1.54, 1.807) is 30.3 Å². The highest BCUT2D eigenvalue weighted by molar-refractivity contribution is 5.92. The minimum absolute atomic E-state index is 0.0496. The minimum Gasteiger partial charge on any atom is -0.485 e. The van der Waals surface area contributed by atoms with Gasteiger partial charge in [-0.25, -0.2) is 9.18 Å². The monoisotopic (exact) mass is 331 g/mol. The van der Waals surface area contributed by atoms with E-state index in [2.05, 4.69) is 10.0 Å². The van der Waals surface area contributed by atoms with Gasteiger partial charge in [0, 0.05) is 10.5 Å². The van der Waals surface area contributed by atoms with Crippen LogP contribution in [0.3, 0.4) is 0 Å². The third kappa shape index (κ3) is 4.08. The minimum atomic E-state index is -1.51. The molecule has 0 aliphatic rings. The maximum absolute atomic E-state index is 14.0. The first-order valence-electron chi connectivity index (χ1n) is 6.67. The predicted molar refractivity (Wildman–Crippen MR) is 81.9 cm³/mol. The summed E-state index contributed by atoms with van der Waals surface area (Å²) in [6, 6.07) is 10.7. The first-order valence-corrected chi connectivity index (χ1v) is 6.67. The SMILES string of the molecule is [N-]=[N+]=N/C(=C\c1ccc(F)c(F)c1OCc1ccccc1)C(=O)O. The molecular weight excluding hydrogens is 320 g/mol. The highest BCUT2D eigenvalue weighted by atomic mass is 19.2. The summed E-state index contributed by atoms with van der Waals surface area (Å²) in [6.45, 7) is -0.0496. The summed E-state index contributed by atoms with van der Waals surface area (Å²) in [5.74, 6) is -4.38. The second-order valence-corrected chi connectivity index (χ2v) is 4.58. The number of benzene rings is 2. The lowest BCUT2D eigenvalue weighted by Gasteiger charge is -2.11. The van der Waals surface area contributed by atoms with Crippen molar-refractivity contribution in [2.75, 3.05) is 0 Å². The van der Waals surface area contributed by atoms with Crippen molar-refractivity contribution in [3.63, 3.8) is 0 Å². The molecule has 0 fully saturated rings. The van der Waals surface area contributed by atoms with E-state index in [-0.39, 0.29) is 12.2 Å². The van der Waals surface area contributed by atoms with Crippen LogP contribution in [0.15, 0.2) is 53.3 Å². The molecular formula is C16H11F2N3O3. The van der Waals surface area contributed by atoms with Gasteiger partial charge in [-0.2, -0.15) is 4.39 Å². The van der Waals surface area contributed by atoms with Crippen LogP contribution >= 0.6 is 0 Å². The number of halogens is 2. The zero-order valence-electron chi connectivity index (χ0n) is 12.2. The van der Waals surface area contributed by atoms with E-state index in [1.807, 2.05) is 0 Å². The summed E-state index contributed by atoms with van der Waals surface area (Å²) in [7, 11) is 0. The number of carboxylic acids is 1. The summed E-state index contributed by atoms with van der Waals surface area (Å²) in [5.41, 5.74) is 8.35. The summed E-state index contributed by atoms with van der Waals surface area (Å²) in [5, 5.41) is 11.9. The van der Waals surface area contributed by atoms with Gasteiger partial charge in [-0.3, -0.25) is 0 Å². The van der Waals surface area contributed by atoms with E-state index in [0.717, 1.165) is 18.2 Å². The molecule has 6 nitrogen and oxygen atoms in total. The van der Waals surface area contributed by atoms with Crippen molar-refractivity contribution in [1.29, 1.82) is 0 Å². The van der Waals surface area contributed by atoms with Crippen LogP contribution in [0.1, 0.15) is 11.1 Å². The summed E-state index contributed by atoms with van der Waals surface area (Å²) >= 11 is 0. The Kier molecular flexibility index (Phi) is 5.49. The molecule has 0 atom stereocenters. The molecule has 2 rings (SSSR count). The van der Waals surface area contributed by atoms with E-state index in [9.17, 15) is 13.6 Å². The second-order valence-electron chi connectivity index (χ2n) is 4.58. The molecule has 2 aromatic carbocycles. The first-order chi connectivity index (χ1) is 11.5. The highest BCUT2D eigenvalue weighted by Gasteiger charge is 2.16. The molecule has 0 spiro atoms. The van der Waals surface area contributed by atoms with E-state index < -0.39 is 29.1 Å². The summed E-state index contributed by atoms with van der Waals surface area (Å²) in [4.78, 5) is 13.4. The molecule has 0 heterocycles. The van der Waals surface area contributed by atoms with Crippen LogP contribution in [0.2, 0.25) is 0 Å². The molecule has 8 heteroatoms. The molecule has 24 heavy (non-hydrogen) atoms. The Labute approximate surface area is 135 Å². The lowest BCUT2D eigenvalue weighted by atomic mass is 10.1. The lowest BCUT2D eigenvalue weighted by molar-refractivity contribution is -0.132. The summed E-state index contributed by atoms with van der Waals surface area (Å²) in [6.07, 6.45) is 0.908. The molecule has 2 aromatic rings. The number of aliphatic carboxylic acids is 1. The van der Waals surface area contributed by atoms with Crippen LogP contribution in [0.25, 0.3) is 16.5 Å². The van der Waals surface area contributed by atoms with E-state index in [4.69, 9.17) is 15.4 Å². The quantitative estimate of drug-likeness (QED) is 0.370. The Bertz CT molecular complexity index is 828. The Morgan fingerprint density at radius 3 is 2.58 bits per heavy atom. The zero-order chi connectivity index (χ0) is 17.5. The second kappa shape index (κ2) is 7.75. The van der Waals surface area contributed by atoms with Crippen molar-refractivity contribution < 1.29 is 23.4 Å². The standard InChI is InChI=1S/C16H11F2N3O3/c17-12-7-6-11(8-13(16(22)23)20-21-19)15(14(12)18)24-9-10-4-2-1-3-5-10/h1-8H,9H2,(H,22,23)/b13-8-. The fraction of sp³-hybridized carbons (Fsp3) is 0.0625. The first kappa shape index (κ1) is 17.0. The topological polar surface area (TPSA) is 95.3 Å². The average molecular weight is 331 g/mol. The Balaban J connectivity index is 2.41. The number of azide groups is 1. The van der Waals surface area contributed by atoms with Gasteiger partial charge in [-0.15, -0.1) is 0 Å².